The Morgan fingerprint density at radius 1 is 1.17 bits per heavy atom. The van der Waals surface area contributed by atoms with Crippen molar-refractivity contribution in [3.63, 3.8) is 0 Å². The number of amides is 2. The summed E-state index contributed by atoms with van der Waals surface area (Å²) in [7, 11) is 0. The van der Waals surface area contributed by atoms with Gasteiger partial charge in [-0.2, -0.15) is 0 Å². The molecule has 0 aromatic heterocycles. The van der Waals surface area contributed by atoms with Crippen LogP contribution in [-0.4, -0.2) is 29.3 Å². The van der Waals surface area contributed by atoms with Gasteiger partial charge in [-0.05, 0) is 49.4 Å². The third-order valence-electron chi connectivity index (χ3n) is 6.67. The summed E-state index contributed by atoms with van der Waals surface area (Å²) in [5.74, 6) is -1.44. The maximum Gasteiger partial charge on any atom is 0.318 e. The topological polar surface area (TPSA) is 75.7 Å². The lowest BCUT2D eigenvalue weighted by atomic mass is 9.71. The number of fused-ring (bicyclic) bond motifs is 1. The van der Waals surface area contributed by atoms with Crippen LogP contribution in [0, 0.1) is 11.3 Å². The van der Waals surface area contributed by atoms with Crippen LogP contribution >= 0.6 is 23.2 Å². The molecule has 1 aliphatic heterocycles. The molecule has 2 aromatic carbocycles. The number of ether oxygens (including phenoxy) is 1. The molecule has 4 rings (SSSR count). The van der Waals surface area contributed by atoms with Crippen molar-refractivity contribution in [2.75, 3.05) is 6.61 Å². The standard InChI is InChI=1S/C27H28Cl2N2O4/c1-2-35-26(34)27-12-6-9-23(27)31(17-19-10-11-21(28)14-22(19)29)25(33)20(15-27)13-24(32)30-16-18-7-4-3-5-8-18/h3-5,7-11,14,20H,2,6,12-13,15-17H2,1H3,(H,30,32)/t20-,27+/m1/s1. The van der Waals surface area contributed by atoms with E-state index in [2.05, 4.69) is 5.32 Å². The van der Waals surface area contributed by atoms with Gasteiger partial charge in [0.05, 0.1) is 13.2 Å². The Labute approximate surface area is 215 Å². The number of benzene rings is 2. The summed E-state index contributed by atoms with van der Waals surface area (Å²) in [6, 6.07) is 14.7. The van der Waals surface area contributed by atoms with E-state index in [0.717, 1.165) is 5.56 Å². The maximum absolute atomic E-state index is 13.7. The normalized spacial score (nSPS) is 21.3. The molecular weight excluding hydrogens is 487 g/mol. The molecule has 0 bridgehead atoms. The fraction of sp³-hybridized carbons (Fsp3) is 0.370. The predicted molar refractivity (Wildman–Crippen MR) is 134 cm³/mol. The van der Waals surface area contributed by atoms with Gasteiger partial charge in [-0.1, -0.05) is 65.7 Å². The van der Waals surface area contributed by atoms with Gasteiger partial charge >= 0.3 is 5.97 Å². The lowest BCUT2D eigenvalue weighted by Gasteiger charge is -2.44. The van der Waals surface area contributed by atoms with Crippen molar-refractivity contribution in [1.29, 1.82) is 0 Å². The Bertz CT molecular complexity index is 1150. The quantitative estimate of drug-likeness (QED) is 0.486. The van der Waals surface area contributed by atoms with Crippen molar-refractivity contribution in [3.8, 4) is 0 Å². The first-order chi connectivity index (χ1) is 16.8. The number of carbonyl (C=O) groups excluding carboxylic acids is 3. The van der Waals surface area contributed by atoms with Crippen LogP contribution in [0.2, 0.25) is 10.0 Å². The van der Waals surface area contributed by atoms with Crippen LogP contribution in [0.15, 0.2) is 60.3 Å². The lowest BCUT2D eigenvalue weighted by molar-refractivity contribution is -0.161. The maximum atomic E-state index is 13.7. The largest absolute Gasteiger partial charge is 0.465 e. The molecule has 2 atom stereocenters. The molecule has 0 saturated carbocycles. The van der Waals surface area contributed by atoms with Crippen molar-refractivity contribution in [2.45, 2.75) is 45.7 Å². The van der Waals surface area contributed by atoms with Crippen LogP contribution in [0.25, 0.3) is 0 Å². The highest BCUT2D eigenvalue weighted by Gasteiger charge is 2.55. The molecule has 6 nitrogen and oxygen atoms in total. The Morgan fingerprint density at radius 3 is 2.66 bits per heavy atom. The van der Waals surface area contributed by atoms with Gasteiger partial charge in [0.2, 0.25) is 11.8 Å². The molecule has 0 spiro atoms. The Hall–Kier alpha value is -2.83. The van der Waals surface area contributed by atoms with E-state index in [1.807, 2.05) is 36.4 Å². The molecule has 2 amide bonds. The number of nitrogens with zero attached hydrogens (tertiary/aromatic N) is 1. The Kier molecular flexibility index (Phi) is 7.82. The van der Waals surface area contributed by atoms with Gasteiger partial charge in [0, 0.05) is 34.6 Å². The number of nitrogens with one attached hydrogen (secondary N) is 1. The second-order valence-corrected chi connectivity index (χ2v) is 9.80. The molecule has 8 heteroatoms. The molecule has 1 fully saturated rings. The summed E-state index contributed by atoms with van der Waals surface area (Å²) in [4.78, 5) is 41.3. The third kappa shape index (κ3) is 5.39. The number of hydrogen-bond donors (Lipinski definition) is 1. The Balaban J connectivity index is 1.59. The molecule has 1 saturated heterocycles. The number of halogens is 2. The van der Waals surface area contributed by atoms with Crippen molar-refractivity contribution >= 4 is 41.0 Å². The van der Waals surface area contributed by atoms with E-state index in [9.17, 15) is 14.4 Å². The van der Waals surface area contributed by atoms with Crippen LogP contribution in [-0.2, 0) is 32.2 Å². The molecule has 2 aliphatic rings. The highest BCUT2D eigenvalue weighted by molar-refractivity contribution is 6.35. The number of allylic oxidation sites excluding steroid dienone is 1. The minimum absolute atomic E-state index is 0.00898. The smallest absolute Gasteiger partial charge is 0.318 e. The van der Waals surface area contributed by atoms with Gasteiger partial charge in [0.1, 0.15) is 5.41 Å². The monoisotopic (exact) mass is 514 g/mol. The van der Waals surface area contributed by atoms with Gasteiger partial charge < -0.3 is 15.0 Å². The number of likely N-dealkylation sites (tertiary alicyclic amines) is 1. The van der Waals surface area contributed by atoms with Crippen LogP contribution in [0.1, 0.15) is 43.7 Å². The average Bonchev–Trinajstić information content (AvgIpc) is 3.27. The van der Waals surface area contributed by atoms with Crippen LogP contribution in [0.4, 0.5) is 0 Å². The van der Waals surface area contributed by atoms with E-state index in [-0.39, 0.29) is 43.8 Å². The first-order valence-corrected chi connectivity index (χ1v) is 12.5. The fourth-order valence-corrected chi connectivity index (χ4v) is 5.46. The summed E-state index contributed by atoms with van der Waals surface area (Å²) >= 11 is 12.5. The van der Waals surface area contributed by atoms with Crippen molar-refractivity contribution in [1.82, 2.24) is 10.2 Å². The number of carbonyl (C=O) groups is 3. The molecule has 1 N–H and O–H groups in total. The summed E-state index contributed by atoms with van der Waals surface area (Å²) in [6.07, 6.45) is 3.37. The molecular formula is C27H28Cl2N2O4. The number of rotatable bonds is 8. The van der Waals surface area contributed by atoms with Gasteiger partial charge in [-0.25, -0.2) is 0 Å². The molecule has 184 valence electrons. The molecule has 1 heterocycles. The second-order valence-electron chi connectivity index (χ2n) is 8.96. The van der Waals surface area contributed by atoms with Gasteiger partial charge in [0.15, 0.2) is 0 Å². The van der Waals surface area contributed by atoms with E-state index in [1.54, 1.807) is 30.0 Å². The van der Waals surface area contributed by atoms with Crippen LogP contribution in [0.3, 0.4) is 0 Å². The van der Waals surface area contributed by atoms with Crippen LogP contribution in [0.5, 0.6) is 0 Å². The molecule has 0 unspecified atom stereocenters. The van der Waals surface area contributed by atoms with Gasteiger partial charge in [0.25, 0.3) is 0 Å². The van der Waals surface area contributed by atoms with Crippen molar-refractivity contribution < 1.29 is 19.1 Å². The van der Waals surface area contributed by atoms with Crippen molar-refractivity contribution in [3.05, 3.63) is 81.5 Å². The van der Waals surface area contributed by atoms with Crippen molar-refractivity contribution in [2.24, 2.45) is 11.3 Å². The number of piperidine rings is 1. The lowest BCUT2D eigenvalue weighted by Crippen LogP contribution is -2.52. The predicted octanol–water partition coefficient (Wildman–Crippen LogP) is 5.28. The van der Waals surface area contributed by atoms with E-state index in [0.29, 0.717) is 40.7 Å². The minimum Gasteiger partial charge on any atom is -0.465 e. The van der Waals surface area contributed by atoms with E-state index < -0.39 is 11.3 Å². The number of hydrogen-bond acceptors (Lipinski definition) is 4. The van der Waals surface area contributed by atoms with E-state index in [1.165, 1.54) is 0 Å². The summed E-state index contributed by atoms with van der Waals surface area (Å²) in [5.41, 5.74) is 1.38. The van der Waals surface area contributed by atoms with Gasteiger partial charge in [-0.3, -0.25) is 14.4 Å². The first-order valence-electron chi connectivity index (χ1n) is 11.8. The van der Waals surface area contributed by atoms with E-state index in [4.69, 9.17) is 27.9 Å². The molecule has 2 aromatic rings. The van der Waals surface area contributed by atoms with Gasteiger partial charge in [-0.15, -0.1) is 0 Å². The zero-order chi connectivity index (χ0) is 25.0. The SMILES string of the molecule is CCOC(=O)[C@]12CCC=C1N(Cc1ccc(Cl)cc1Cl)C(=O)[C@H](CC(=O)NCc1ccccc1)C2. The summed E-state index contributed by atoms with van der Waals surface area (Å²) < 4.78 is 5.46. The Morgan fingerprint density at radius 2 is 1.94 bits per heavy atom. The summed E-state index contributed by atoms with van der Waals surface area (Å²) in [5, 5.41) is 3.83. The first kappa shape index (κ1) is 25.3. The van der Waals surface area contributed by atoms with E-state index >= 15 is 0 Å². The third-order valence-corrected chi connectivity index (χ3v) is 7.26. The van der Waals surface area contributed by atoms with Crippen LogP contribution < -0.4 is 5.32 Å². The highest BCUT2D eigenvalue weighted by Crippen LogP contribution is 2.51. The molecule has 35 heavy (non-hydrogen) atoms. The zero-order valence-corrected chi connectivity index (χ0v) is 21.1. The average molecular weight is 515 g/mol. The molecule has 1 aliphatic carbocycles. The number of esters is 1. The second kappa shape index (κ2) is 10.8. The molecule has 0 radical (unpaired) electrons. The fourth-order valence-electron chi connectivity index (χ4n) is 5.00. The zero-order valence-electron chi connectivity index (χ0n) is 19.6. The minimum atomic E-state index is -0.951. The summed E-state index contributed by atoms with van der Waals surface area (Å²) in [6.45, 7) is 2.57. The highest BCUT2D eigenvalue weighted by atomic mass is 35.5.